The summed E-state index contributed by atoms with van der Waals surface area (Å²) >= 11 is 1.29. The summed E-state index contributed by atoms with van der Waals surface area (Å²) in [6, 6.07) is 8.71. The van der Waals surface area contributed by atoms with Crippen molar-refractivity contribution < 1.29 is 9.21 Å². The van der Waals surface area contributed by atoms with E-state index in [9.17, 15) is 9.59 Å². The minimum atomic E-state index is -0.598. The Labute approximate surface area is 124 Å². The van der Waals surface area contributed by atoms with Crippen molar-refractivity contribution in [1.29, 1.82) is 0 Å². The van der Waals surface area contributed by atoms with Gasteiger partial charge < -0.3 is 8.98 Å². The third-order valence-electron chi connectivity index (χ3n) is 3.05. The molecule has 0 unspecified atom stereocenters. The molecule has 0 saturated heterocycles. The Bertz CT molecular complexity index is 866. The Kier molecular flexibility index (Phi) is 3.62. The molecule has 6 heteroatoms. The number of Topliss-reactive ketones (excluding diaryl/α,β-unsaturated/α-hetero) is 1. The SMILES string of the molecule is Cn1ccnc1SCC(=O)c1cc2ccccc2oc1=O. The van der Waals surface area contributed by atoms with Crippen LogP contribution in [0.2, 0.25) is 0 Å². The largest absolute Gasteiger partial charge is 0.422 e. The van der Waals surface area contributed by atoms with Crippen molar-refractivity contribution in [2.24, 2.45) is 7.05 Å². The first kappa shape index (κ1) is 13.6. The second-order valence-electron chi connectivity index (χ2n) is 4.52. The molecule has 0 atom stereocenters. The maximum absolute atomic E-state index is 12.2. The van der Waals surface area contributed by atoms with Gasteiger partial charge in [0.1, 0.15) is 11.1 Å². The monoisotopic (exact) mass is 300 g/mol. The van der Waals surface area contributed by atoms with Crippen molar-refractivity contribution in [3.05, 3.63) is 58.7 Å². The van der Waals surface area contributed by atoms with Crippen LogP contribution >= 0.6 is 11.8 Å². The van der Waals surface area contributed by atoms with Gasteiger partial charge in [0.2, 0.25) is 0 Å². The van der Waals surface area contributed by atoms with E-state index in [1.165, 1.54) is 11.8 Å². The van der Waals surface area contributed by atoms with Gasteiger partial charge in [0.15, 0.2) is 10.9 Å². The number of carbonyl (C=O) groups excluding carboxylic acids is 1. The zero-order valence-corrected chi connectivity index (χ0v) is 12.1. The molecular weight excluding hydrogens is 288 g/mol. The normalized spacial score (nSPS) is 10.9. The second kappa shape index (κ2) is 5.57. The highest BCUT2D eigenvalue weighted by Crippen LogP contribution is 2.17. The second-order valence-corrected chi connectivity index (χ2v) is 5.46. The fourth-order valence-electron chi connectivity index (χ4n) is 1.96. The van der Waals surface area contributed by atoms with Crippen LogP contribution in [0.5, 0.6) is 0 Å². The summed E-state index contributed by atoms with van der Waals surface area (Å²) in [6.07, 6.45) is 3.47. The smallest absolute Gasteiger partial charge is 0.347 e. The zero-order valence-electron chi connectivity index (χ0n) is 11.3. The summed E-state index contributed by atoms with van der Waals surface area (Å²) in [5, 5.41) is 1.47. The molecule has 0 aliphatic rings. The summed E-state index contributed by atoms with van der Waals surface area (Å²) in [4.78, 5) is 28.2. The third-order valence-corrected chi connectivity index (χ3v) is 4.11. The summed E-state index contributed by atoms with van der Waals surface area (Å²) in [5.41, 5.74) is -0.0367. The number of nitrogens with zero attached hydrogens (tertiary/aromatic N) is 2. The number of aromatic nitrogens is 2. The van der Waals surface area contributed by atoms with Crippen LogP contribution in [0, 0.1) is 0 Å². The van der Waals surface area contributed by atoms with E-state index < -0.39 is 5.63 Å². The first-order valence-corrected chi connectivity index (χ1v) is 7.30. The van der Waals surface area contributed by atoms with E-state index in [0.717, 1.165) is 10.5 Å². The molecule has 5 nitrogen and oxygen atoms in total. The van der Waals surface area contributed by atoms with E-state index in [1.54, 1.807) is 36.7 Å². The lowest BCUT2D eigenvalue weighted by Gasteiger charge is -2.02. The van der Waals surface area contributed by atoms with Gasteiger partial charge in [-0.15, -0.1) is 0 Å². The minimum absolute atomic E-state index is 0.0791. The van der Waals surface area contributed by atoms with Gasteiger partial charge in [-0.1, -0.05) is 30.0 Å². The van der Waals surface area contributed by atoms with Gasteiger partial charge >= 0.3 is 5.63 Å². The first-order chi connectivity index (χ1) is 10.1. The van der Waals surface area contributed by atoms with Crippen molar-refractivity contribution >= 4 is 28.5 Å². The van der Waals surface area contributed by atoms with Gasteiger partial charge in [0, 0.05) is 24.8 Å². The Morgan fingerprint density at radius 3 is 2.95 bits per heavy atom. The molecule has 0 spiro atoms. The van der Waals surface area contributed by atoms with Crippen LogP contribution in [0.3, 0.4) is 0 Å². The Balaban J connectivity index is 1.86. The van der Waals surface area contributed by atoms with Gasteiger partial charge in [-0.25, -0.2) is 9.78 Å². The van der Waals surface area contributed by atoms with Crippen LogP contribution < -0.4 is 5.63 Å². The zero-order chi connectivity index (χ0) is 14.8. The van der Waals surface area contributed by atoms with Gasteiger partial charge in [-0.3, -0.25) is 4.79 Å². The lowest BCUT2D eigenvalue weighted by molar-refractivity contribution is 0.101. The van der Waals surface area contributed by atoms with Crippen LogP contribution in [0.25, 0.3) is 11.0 Å². The summed E-state index contributed by atoms with van der Waals surface area (Å²) in [5.74, 6) is -0.115. The van der Waals surface area contributed by atoms with E-state index in [0.29, 0.717) is 5.58 Å². The van der Waals surface area contributed by atoms with Crippen LogP contribution in [0.4, 0.5) is 0 Å². The number of ketones is 1. The number of rotatable bonds is 4. The maximum atomic E-state index is 12.2. The number of aryl methyl sites for hydroxylation is 1. The average Bonchev–Trinajstić information content (AvgIpc) is 2.89. The lowest BCUT2D eigenvalue weighted by atomic mass is 10.1. The number of imidazole rings is 1. The number of para-hydroxylation sites is 1. The summed E-state index contributed by atoms with van der Waals surface area (Å²) < 4.78 is 6.99. The number of fused-ring (bicyclic) bond motifs is 1. The molecule has 2 heterocycles. The van der Waals surface area contributed by atoms with Crippen molar-refractivity contribution in [2.75, 3.05) is 5.75 Å². The molecule has 0 radical (unpaired) electrons. The van der Waals surface area contributed by atoms with Crippen molar-refractivity contribution in [2.45, 2.75) is 5.16 Å². The predicted octanol–water partition coefficient (Wildman–Crippen LogP) is 2.50. The molecule has 0 fully saturated rings. The molecule has 3 rings (SSSR count). The highest BCUT2D eigenvalue weighted by atomic mass is 32.2. The Morgan fingerprint density at radius 2 is 2.19 bits per heavy atom. The van der Waals surface area contributed by atoms with Crippen LogP contribution in [-0.4, -0.2) is 21.1 Å². The van der Waals surface area contributed by atoms with Crippen molar-refractivity contribution in [1.82, 2.24) is 9.55 Å². The van der Waals surface area contributed by atoms with E-state index in [-0.39, 0.29) is 17.1 Å². The molecule has 0 aliphatic carbocycles. The standard InChI is InChI=1S/C15H12N2O3S/c1-17-7-6-16-15(17)21-9-12(18)11-8-10-4-2-3-5-13(10)20-14(11)19/h2-8H,9H2,1H3. The Hall–Kier alpha value is -2.34. The van der Waals surface area contributed by atoms with Gasteiger partial charge in [0.25, 0.3) is 0 Å². The van der Waals surface area contributed by atoms with E-state index >= 15 is 0 Å². The number of hydrogen-bond acceptors (Lipinski definition) is 5. The fraction of sp³-hybridized carbons (Fsp3) is 0.133. The minimum Gasteiger partial charge on any atom is -0.422 e. The average molecular weight is 300 g/mol. The van der Waals surface area contributed by atoms with Gasteiger partial charge in [0.05, 0.1) is 5.75 Å². The molecule has 3 aromatic rings. The van der Waals surface area contributed by atoms with Gasteiger partial charge in [-0.05, 0) is 12.1 Å². The molecule has 2 aromatic heterocycles. The highest BCUT2D eigenvalue weighted by Gasteiger charge is 2.15. The molecule has 106 valence electrons. The third kappa shape index (κ3) is 2.75. The predicted molar refractivity (Wildman–Crippen MR) is 80.7 cm³/mol. The molecule has 21 heavy (non-hydrogen) atoms. The van der Waals surface area contributed by atoms with Crippen molar-refractivity contribution in [3.8, 4) is 0 Å². The van der Waals surface area contributed by atoms with E-state index in [4.69, 9.17) is 4.42 Å². The van der Waals surface area contributed by atoms with Crippen molar-refractivity contribution in [3.63, 3.8) is 0 Å². The highest BCUT2D eigenvalue weighted by molar-refractivity contribution is 7.99. The molecule has 0 bridgehead atoms. The first-order valence-electron chi connectivity index (χ1n) is 6.31. The van der Waals surface area contributed by atoms with Crippen LogP contribution in [0.1, 0.15) is 10.4 Å². The quantitative estimate of drug-likeness (QED) is 0.421. The summed E-state index contributed by atoms with van der Waals surface area (Å²) in [6.45, 7) is 0. The summed E-state index contributed by atoms with van der Waals surface area (Å²) in [7, 11) is 1.85. The fourth-order valence-corrected chi connectivity index (χ4v) is 2.77. The molecule has 0 N–H and O–H groups in total. The van der Waals surface area contributed by atoms with E-state index in [1.807, 2.05) is 17.7 Å². The van der Waals surface area contributed by atoms with Crippen LogP contribution in [-0.2, 0) is 7.05 Å². The molecule has 0 amide bonds. The van der Waals surface area contributed by atoms with E-state index in [2.05, 4.69) is 4.98 Å². The lowest BCUT2D eigenvalue weighted by Crippen LogP contribution is -2.15. The Morgan fingerprint density at radius 1 is 1.38 bits per heavy atom. The molecule has 1 aromatic carbocycles. The maximum Gasteiger partial charge on any atom is 0.347 e. The molecular formula is C15H12N2O3S. The topological polar surface area (TPSA) is 65.1 Å². The number of carbonyl (C=O) groups is 1. The van der Waals surface area contributed by atoms with Gasteiger partial charge in [-0.2, -0.15) is 0 Å². The van der Waals surface area contributed by atoms with Crippen LogP contribution in [0.15, 0.2) is 57.1 Å². The molecule has 0 aliphatic heterocycles. The molecule has 0 saturated carbocycles. The number of hydrogen-bond donors (Lipinski definition) is 0. The number of benzene rings is 1. The number of thioether (sulfide) groups is 1.